The molecule has 2 N–H and O–H groups in total. The van der Waals surface area contributed by atoms with Crippen molar-refractivity contribution in [3.8, 4) is 0 Å². The van der Waals surface area contributed by atoms with Gasteiger partial charge in [0.2, 0.25) is 5.91 Å². The molecule has 2 atom stereocenters. The Hall–Kier alpha value is -0.610. The van der Waals surface area contributed by atoms with Gasteiger partial charge in [0, 0.05) is 38.0 Å². The second kappa shape index (κ2) is 5.41. The zero-order valence-electron chi connectivity index (χ0n) is 11.7. The molecule has 0 spiro atoms. The summed E-state index contributed by atoms with van der Waals surface area (Å²) in [5.41, 5.74) is -0.471. The smallest absolute Gasteiger partial charge is 0.223 e. The number of hydrogen-bond acceptors (Lipinski definition) is 3. The minimum Gasteiger partial charge on any atom is -0.389 e. The summed E-state index contributed by atoms with van der Waals surface area (Å²) in [5, 5.41) is 14.0. The molecule has 2 saturated carbocycles. The van der Waals surface area contributed by atoms with Gasteiger partial charge in [0.1, 0.15) is 0 Å². The second-order valence-electron chi connectivity index (χ2n) is 6.61. The molecule has 0 aromatic carbocycles. The van der Waals surface area contributed by atoms with Gasteiger partial charge in [0.25, 0.3) is 0 Å². The van der Waals surface area contributed by atoms with Crippen molar-refractivity contribution in [3.63, 3.8) is 0 Å². The highest BCUT2D eigenvalue weighted by Gasteiger charge is 2.43. The molecule has 3 rings (SSSR count). The summed E-state index contributed by atoms with van der Waals surface area (Å²) in [6.07, 6.45) is 8.30. The van der Waals surface area contributed by atoms with Crippen LogP contribution in [0.15, 0.2) is 0 Å². The number of carbonyl (C=O) groups excluding carboxylic acids is 1. The van der Waals surface area contributed by atoms with Crippen LogP contribution in [-0.2, 0) is 4.79 Å². The average molecular weight is 266 g/mol. The van der Waals surface area contributed by atoms with Crippen LogP contribution in [0.1, 0.15) is 51.4 Å². The maximum atomic E-state index is 12.2. The average Bonchev–Trinajstić information content (AvgIpc) is 3.21. The maximum Gasteiger partial charge on any atom is 0.223 e. The minimum atomic E-state index is -0.471. The molecule has 2 aliphatic carbocycles. The minimum absolute atomic E-state index is 0.265. The first-order valence-corrected chi connectivity index (χ1v) is 7.91. The number of nitrogens with one attached hydrogen (secondary N) is 1. The molecule has 0 radical (unpaired) electrons. The van der Waals surface area contributed by atoms with Gasteiger partial charge in [-0.1, -0.05) is 12.8 Å². The largest absolute Gasteiger partial charge is 0.389 e. The Morgan fingerprint density at radius 2 is 2.11 bits per heavy atom. The van der Waals surface area contributed by atoms with Crippen LogP contribution in [0, 0.1) is 5.92 Å². The molecule has 4 heteroatoms. The predicted molar refractivity (Wildman–Crippen MR) is 73.7 cm³/mol. The van der Waals surface area contributed by atoms with Gasteiger partial charge in [-0.05, 0) is 32.1 Å². The number of hydrogen-bond donors (Lipinski definition) is 2. The number of fused-ring (bicyclic) bond motifs is 1. The molecule has 3 aliphatic rings. The van der Waals surface area contributed by atoms with E-state index < -0.39 is 5.60 Å². The second-order valence-corrected chi connectivity index (χ2v) is 6.61. The van der Waals surface area contributed by atoms with Crippen molar-refractivity contribution in [1.29, 1.82) is 0 Å². The summed E-state index contributed by atoms with van der Waals surface area (Å²) in [5.74, 6) is 0.580. The number of likely N-dealkylation sites (tertiary alicyclic amines) is 1. The predicted octanol–water partition coefficient (Wildman–Crippen LogP) is 1.28. The third kappa shape index (κ3) is 3.11. The summed E-state index contributed by atoms with van der Waals surface area (Å²) in [6.45, 7) is 2.34. The zero-order valence-corrected chi connectivity index (χ0v) is 11.7. The van der Waals surface area contributed by atoms with E-state index in [2.05, 4.69) is 5.32 Å². The van der Waals surface area contributed by atoms with Crippen molar-refractivity contribution in [3.05, 3.63) is 0 Å². The van der Waals surface area contributed by atoms with Gasteiger partial charge in [-0.15, -0.1) is 0 Å². The van der Waals surface area contributed by atoms with Crippen LogP contribution in [0.2, 0.25) is 0 Å². The molecule has 0 aromatic heterocycles. The quantitative estimate of drug-likeness (QED) is 0.806. The summed E-state index contributed by atoms with van der Waals surface area (Å²) < 4.78 is 0. The molecule has 19 heavy (non-hydrogen) atoms. The molecule has 0 aromatic rings. The lowest BCUT2D eigenvalue weighted by atomic mass is 9.71. The third-order valence-corrected chi connectivity index (χ3v) is 5.13. The maximum absolute atomic E-state index is 12.2. The number of nitrogens with zero attached hydrogens (tertiary/aromatic N) is 1. The van der Waals surface area contributed by atoms with Crippen LogP contribution in [0.5, 0.6) is 0 Å². The highest BCUT2D eigenvalue weighted by molar-refractivity contribution is 5.76. The molecule has 108 valence electrons. The fourth-order valence-corrected chi connectivity index (χ4v) is 3.63. The van der Waals surface area contributed by atoms with Gasteiger partial charge in [0.15, 0.2) is 0 Å². The lowest BCUT2D eigenvalue weighted by Crippen LogP contribution is -2.54. The molecule has 1 amide bonds. The molecule has 1 saturated heterocycles. The fourth-order valence-electron chi connectivity index (χ4n) is 3.63. The Morgan fingerprint density at radius 3 is 2.89 bits per heavy atom. The molecule has 3 fully saturated rings. The van der Waals surface area contributed by atoms with Gasteiger partial charge in [-0.25, -0.2) is 0 Å². The van der Waals surface area contributed by atoms with Crippen LogP contribution in [-0.4, -0.2) is 47.2 Å². The van der Waals surface area contributed by atoms with Crippen LogP contribution < -0.4 is 5.32 Å². The molecular weight excluding hydrogens is 240 g/mol. The number of carbonyl (C=O) groups is 1. The van der Waals surface area contributed by atoms with E-state index >= 15 is 0 Å². The monoisotopic (exact) mass is 266 g/mol. The first-order valence-electron chi connectivity index (χ1n) is 7.91. The molecule has 2 unspecified atom stereocenters. The number of aliphatic hydroxyl groups is 1. The number of rotatable bonds is 4. The van der Waals surface area contributed by atoms with Crippen molar-refractivity contribution in [1.82, 2.24) is 10.2 Å². The van der Waals surface area contributed by atoms with E-state index in [0.29, 0.717) is 18.4 Å². The number of piperidine rings is 1. The fraction of sp³-hybridized carbons (Fsp3) is 0.933. The van der Waals surface area contributed by atoms with Crippen molar-refractivity contribution in [2.75, 3.05) is 19.6 Å². The Bertz CT molecular complexity index is 343. The first-order chi connectivity index (χ1) is 9.17. The molecule has 1 aliphatic heterocycles. The van der Waals surface area contributed by atoms with Crippen LogP contribution in [0.3, 0.4) is 0 Å². The molecule has 0 bridgehead atoms. The van der Waals surface area contributed by atoms with Crippen molar-refractivity contribution in [2.24, 2.45) is 5.92 Å². The lowest BCUT2D eigenvalue weighted by Gasteiger charge is -2.47. The highest BCUT2D eigenvalue weighted by atomic mass is 16.3. The van der Waals surface area contributed by atoms with E-state index in [1.54, 1.807) is 0 Å². The van der Waals surface area contributed by atoms with Crippen LogP contribution >= 0.6 is 0 Å². The summed E-state index contributed by atoms with van der Waals surface area (Å²) in [6, 6.07) is 0.678. The Labute approximate surface area is 115 Å². The van der Waals surface area contributed by atoms with Crippen molar-refractivity contribution in [2.45, 2.75) is 63.0 Å². The Morgan fingerprint density at radius 1 is 1.26 bits per heavy atom. The topological polar surface area (TPSA) is 52.6 Å². The van der Waals surface area contributed by atoms with Gasteiger partial charge >= 0.3 is 0 Å². The standard InChI is InChI=1S/C15H26N2O2/c18-14(6-9-16-13-4-5-13)17-10-8-15(19)7-2-1-3-12(15)11-17/h12-13,16,19H,1-11H2. The van der Waals surface area contributed by atoms with Gasteiger partial charge in [-0.3, -0.25) is 4.79 Å². The van der Waals surface area contributed by atoms with Gasteiger partial charge in [0.05, 0.1) is 5.60 Å². The van der Waals surface area contributed by atoms with E-state index in [9.17, 15) is 9.90 Å². The summed E-state index contributed by atoms with van der Waals surface area (Å²) in [7, 11) is 0. The van der Waals surface area contributed by atoms with E-state index in [-0.39, 0.29) is 5.91 Å². The van der Waals surface area contributed by atoms with Crippen LogP contribution in [0.25, 0.3) is 0 Å². The summed E-state index contributed by atoms with van der Waals surface area (Å²) in [4.78, 5) is 14.2. The molecular formula is C15H26N2O2. The first kappa shape index (κ1) is 13.4. The molecule has 1 heterocycles. The molecule has 4 nitrogen and oxygen atoms in total. The lowest BCUT2D eigenvalue weighted by molar-refractivity contribution is -0.143. The SMILES string of the molecule is O=C(CCNC1CC1)N1CCC2(O)CCCCC2C1. The van der Waals surface area contributed by atoms with E-state index in [4.69, 9.17) is 0 Å². The third-order valence-electron chi connectivity index (χ3n) is 5.13. The Kier molecular flexibility index (Phi) is 3.81. The highest BCUT2D eigenvalue weighted by Crippen LogP contribution is 2.39. The number of amides is 1. The van der Waals surface area contributed by atoms with E-state index in [1.165, 1.54) is 19.3 Å². The normalized spacial score (nSPS) is 35.0. The van der Waals surface area contributed by atoms with E-state index in [0.717, 1.165) is 45.3 Å². The van der Waals surface area contributed by atoms with Crippen LogP contribution in [0.4, 0.5) is 0 Å². The van der Waals surface area contributed by atoms with Crippen molar-refractivity contribution >= 4 is 5.91 Å². The zero-order chi connectivity index (χ0) is 13.3. The summed E-state index contributed by atoms with van der Waals surface area (Å²) >= 11 is 0. The van der Waals surface area contributed by atoms with Crippen molar-refractivity contribution < 1.29 is 9.90 Å². The Balaban J connectivity index is 1.47. The van der Waals surface area contributed by atoms with E-state index in [1.807, 2.05) is 4.90 Å². The van der Waals surface area contributed by atoms with Gasteiger partial charge < -0.3 is 15.3 Å². The van der Waals surface area contributed by atoms with Gasteiger partial charge in [-0.2, -0.15) is 0 Å².